The Morgan fingerprint density at radius 3 is 1.38 bits per heavy atom. The van der Waals surface area contributed by atoms with Crippen LogP contribution >= 0.6 is 0 Å². The zero-order valence-electron chi connectivity index (χ0n) is 29.7. The monoisotopic (exact) mass is 670 g/mol. The highest BCUT2D eigenvalue weighted by molar-refractivity contribution is 5.83. The minimum absolute atomic E-state index is 0.0824. The molecule has 0 unspecified atom stereocenters. The summed E-state index contributed by atoms with van der Waals surface area (Å²) in [7, 11) is 3.03. The molecule has 8 aliphatic carbocycles. The predicted molar refractivity (Wildman–Crippen MR) is 182 cm³/mol. The van der Waals surface area contributed by atoms with Crippen molar-refractivity contribution in [2.45, 2.75) is 122 Å². The third kappa shape index (κ3) is 9.12. The summed E-state index contributed by atoms with van der Waals surface area (Å²) >= 11 is 0. The Morgan fingerprint density at radius 1 is 0.604 bits per heavy atom. The lowest BCUT2D eigenvalue weighted by Crippen LogP contribution is -2.48. The quantitative estimate of drug-likeness (QED) is 0.137. The molecule has 8 fully saturated rings. The van der Waals surface area contributed by atoms with Crippen LogP contribution < -0.4 is 16.0 Å². The van der Waals surface area contributed by atoms with E-state index in [2.05, 4.69) is 16.0 Å². The summed E-state index contributed by atoms with van der Waals surface area (Å²) in [6, 6.07) is 0. The Labute approximate surface area is 287 Å². The third-order valence-corrected chi connectivity index (χ3v) is 13.2. The molecule has 8 bridgehead atoms. The third-order valence-electron chi connectivity index (χ3n) is 13.2. The molecule has 0 heterocycles. The van der Waals surface area contributed by atoms with Crippen LogP contribution in [0.5, 0.6) is 0 Å². The van der Waals surface area contributed by atoms with Crippen molar-refractivity contribution < 1.29 is 28.7 Å². The van der Waals surface area contributed by atoms with E-state index in [1.165, 1.54) is 91.3 Å². The number of hydrogen-bond acceptors (Lipinski definition) is 6. The summed E-state index contributed by atoms with van der Waals surface area (Å²) < 4.78 is 10.2. The summed E-state index contributed by atoms with van der Waals surface area (Å²) in [5.41, 5.74) is 0.433. The maximum atomic E-state index is 13.3. The molecule has 0 aromatic carbocycles. The Morgan fingerprint density at radius 2 is 1.00 bits per heavy atom. The molecule has 0 aromatic heterocycles. The summed E-state index contributed by atoms with van der Waals surface area (Å²) in [5, 5.41) is 9.09. The molecule has 10 nitrogen and oxygen atoms in total. The summed E-state index contributed by atoms with van der Waals surface area (Å²) in [4.78, 5) is 53.6. The molecule has 8 rings (SSSR count). The maximum Gasteiger partial charge on any atom is 0.223 e. The maximum absolute atomic E-state index is 13.3. The summed E-state index contributed by atoms with van der Waals surface area (Å²) in [6.07, 6.45) is 17.8. The average molecular weight is 671 g/mol. The Bertz CT molecular complexity index is 1020. The summed E-state index contributed by atoms with van der Waals surface area (Å²) in [5.74, 6) is 4.96. The van der Waals surface area contributed by atoms with Gasteiger partial charge in [-0.2, -0.15) is 0 Å². The first kappa shape index (κ1) is 35.6. The molecule has 0 atom stereocenters. The topological polar surface area (TPSA) is 126 Å². The van der Waals surface area contributed by atoms with Gasteiger partial charge in [-0.3, -0.25) is 19.2 Å². The first-order valence-electron chi connectivity index (χ1n) is 19.3. The van der Waals surface area contributed by atoms with Gasteiger partial charge in [0.05, 0.1) is 6.54 Å². The van der Waals surface area contributed by atoms with Crippen LogP contribution in [0.4, 0.5) is 0 Å². The first-order chi connectivity index (χ1) is 23.1. The van der Waals surface area contributed by atoms with Gasteiger partial charge in [-0.05, 0) is 136 Å². The van der Waals surface area contributed by atoms with Crippen LogP contribution in [0.15, 0.2) is 0 Å². The second-order valence-electron chi connectivity index (χ2n) is 17.2. The van der Waals surface area contributed by atoms with Crippen LogP contribution in [-0.4, -0.2) is 81.8 Å². The standard InChI is InChI=1S/C38H62N4O6/c1-47-36(48-2)25-41-32(43)5-6-35(46)42(9-3-7-39-33(44)23-37-17-26-11-27(18-37)13-28(12-26)19-37)10-4-8-40-34(45)24-38-20-29-14-30(21-38)16-31(15-29)22-38/h26-31,36H,3-25H2,1-2H3,(H,39,44)(H,40,45)(H,41,43). The number of methoxy groups -OCH3 is 2. The van der Waals surface area contributed by atoms with E-state index < -0.39 is 6.29 Å². The average Bonchev–Trinajstić information content (AvgIpc) is 3.01. The lowest BCUT2D eigenvalue weighted by atomic mass is 9.49. The number of ether oxygens (including phenoxy) is 2. The Kier molecular flexibility index (Phi) is 11.7. The molecule has 4 amide bonds. The van der Waals surface area contributed by atoms with Crippen molar-refractivity contribution >= 4 is 23.6 Å². The minimum Gasteiger partial charge on any atom is -0.356 e. The first-order valence-corrected chi connectivity index (χ1v) is 19.3. The van der Waals surface area contributed by atoms with Gasteiger partial charge >= 0.3 is 0 Å². The molecule has 8 saturated carbocycles. The van der Waals surface area contributed by atoms with Crippen LogP contribution in [0.25, 0.3) is 0 Å². The number of nitrogens with one attached hydrogen (secondary N) is 3. The van der Waals surface area contributed by atoms with Crippen molar-refractivity contribution in [3.05, 3.63) is 0 Å². The van der Waals surface area contributed by atoms with Crippen LogP contribution in [0, 0.1) is 46.3 Å². The number of amides is 4. The van der Waals surface area contributed by atoms with Gasteiger partial charge in [0.1, 0.15) is 0 Å². The molecular weight excluding hydrogens is 608 g/mol. The van der Waals surface area contributed by atoms with E-state index in [0.29, 0.717) is 51.9 Å². The van der Waals surface area contributed by atoms with Gasteiger partial charge in [0.2, 0.25) is 23.6 Å². The molecule has 0 aliphatic heterocycles. The van der Waals surface area contributed by atoms with Gasteiger partial charge in [0, 0.05) is 66.1 Å². The van der Waals surface area contributed by atoms with Gasteiger partial charge < -0.3 is 30.3 Å². The van der Waals surface area contributed by atoms with Crippen LogP contribution in [-0.2, 0) is 28.7 Å². The Hall–Kier alpha value is -2.20. The molecule has 0 saturated heterocycles. The van der Waals surface area contributed by atoms with E-state index in [9.17, 15) is 19.2 Å². The fourth-order valence-corrected chi connectivity index (χ4v) is 12.1. The van der Waals surface area contributed by atoms with Gasteiger partial charge in [-0.1, -0.05) is 0 Å². The van der Waals surface area contributed by atoms with E-state index in [1.54, 1.807) is 4.90 Å². The molecule has 48 heavy (non-hydrogen) atoms. The van der Waals surface area contributed by atoms with Gasteiger partial charge in [0.15, 0.2) is 6.29 Å². The van der Waals surface area contributed by atoms with E-state index in [-0.39, 0.29) is 53.8 Å². The fraction of sp³-hybridized carbons (Fsp3) is 0.895. The number of carbonyl (C=O) groups is 4. The van der Waals surface area contributed by atoms with E-state index >= 15 is 0 Å². The Balaban J connectivity index is 0.930. The van der Waals surface area contributed by atoms with Gasteiger partial charge in [0.25, 0.3) is 0 Å². The van der Waals surface area contributed by atoms with Gasteiger partial charge in [-0.25, -0.2) is 0 Å². The summed E-state index contributed by atoms with van der Waals surface area (Å²) in [6.45, 7) is 2.30. The number of carbonyl (C=O) groups excluding carboxylic acids is 4. The second-order valence-corrected chi connectivity index (χ2v) is 17.2. The van der Waals surface area contributed by atoms with Crippen molar-refractivity contribution in [3.63, 3.8) is 0 Å². The molecule has 270 valence electrons. The molecule has 0 spiro atoms. The molecule has 0 aromatic rings. The van der Waals surface area contributed by atoms with E-state index in [0.717, 1.165) is 35.5 Å². The van der Waals surface area contributed by atoms with E-state index in [4.69, 9.17) is 9.47 Å². The lowest BCUT2D eigenvalue weighted by Gasteiger charge is -2.56. The lowest BCUT2D eigenvalue weighted by molar-refractivity contribution is -0.135. The molecule has 3 N–H and O–H groups in total. The van der Waals surface area contributed by atoms with Crippen molar-refractivity contribution in [3.8, 4) is 0 Å². The highest BCUT2D eigenvalue weighted by Gasteiger charge is 2.52. The van der Waals surface area contributed by atoms with Crippen molar-refractivity contribution in [2.24, 2.45) is 46.3 Å². The number of rotatable bonds is 19. The van der Waals surface area contributed by atoms with Crippen LogP contribution in [0.3, 0.4) is 0 Å². The SMILES string of the molecule is COC(CNC(=O)CCC(=O)N(CCCNC(=O)CC12CC3CC(CC(C3)C1)C2)CCCNC(=O)CC12CC3CC(CC(C3)C1)C2)OC. The fourth-order valence-electron chi connectivity index (χ4n) is 12.1. The van der Waals surface area contributed by atoms with Crippen LogP contribution in [0.1, 0.15) is 116 Å². The van der Waals surface area contributed by atoms with Gasteiger partial charge in [-0.15, -0.1) is 0 Å². The predicted octanol–water partition coefficient (Wildman–Crippen LogP) is 4.56. The zero-order chi connectivity index (χ0) is 33.7. The highest BCUT2D eigenvalue weighted by Crippen LogP contribution is 2.62. The van der Waals surface area contributed by atoms with Crippen molar-refractivity contribution in [1.82, 2.24) is 20.9 Å². The molecule has 8 aliphatic rings. The minimum atomic E-state index is -0.530. The van der Waals surface area contributed by atoms with Crippen molar-refractivity contribution in [2.75, 3.05) is 46.9 Å². The highest BCUT2D eigenvalue weighted by atomic mass is 16.7. The second kappa shape index (κ2) is 15.8. The molecular formula is C38H62N4O6. The normalized spacial score (nSPS) is 34.0. The zero-order valence-corrected chi connectivity index (χ0v) is 29.7. The molecule has 10 heteroatoms. The number of hydrogen-bond donors (Lipinski definition) is 3. The van der Waals surface area contributed by atoms with E-state index in [1.807, 2.05) is 0 Å². The smallest absolute Gasteiger partial charge is 0.223 e. The van der Waals surface area contributed by atoms with Crippen molar-refractivity contribution in [1.29, 1.82) is 0 Å². The number of nitrogens with zero attached hydrogens (tertiary/aromatic N) is 1. The largest absolute Gasteiger partial charge is 0.356 e. The molecule has 0 radical (unpaired) electrons. The van der Waals surface area contributed by atoms with Crippen LogP contribution in [0.2, 0.25) is 0 Å².